The Morgan fingerprint density at radius 1 is 1.03 bits per heavy atom. The number of amides is 1. The van der Waals surface area contributed by atoms with Gasteiger partial charge in [-0.2, -0.15) is 4.31 Å². The molecule has 0 saturated carbocycles. The highest BCUT2D eigenvalue weighted by molar-refractivity contribution is 7.89. The van der Waals surface area contributed by atoms with Crippen molar-refractivity contribution in [3.63, 3.8) is 0 Å². The van der Waals surface area contributed by atoms with Crippen LogP contribution in [0.25, 0.3) is 0 Å². The van der Waals surface area contributed by atoms with E-state index < -0.39 is 26.1 Å². The lowest BCUT2D eigenvalue weighted by atomic mass is 10.0. The zero-order chi connectivity index (χ0) is 21.9. The lowest BCUT2D eigenvalue weighted by molar-refractivity contribution is -0.135. The molecule has 0 aliphatic carbocycles. The van der Waals surface area contributed by atoms with Gasteiger partial charge in [-0.15, -0.1) is 0 Å². The topological polar surface area (TPSA) is 104 Å². The van der Waals surface area contributed by atoms with Gasteiger partial charge in [0.25, 0.3) is 0 Å². The zero-order valence-corrected chi connectivity index (χ0v) is 19.2. The van der Waals surface area contributed by atoms with Gasteiger partial charge in [0.15, 0.2) is 0 Å². The first kappa shape index (κ1) is 23.2. The molecular weight excluding hydrogens is 426 g/mol. The summed E-state index contributed by atoms with van der Waals surface area (Å²) < 4.78 is 54.2. The van der Waals surface area contributed by atoms with Crippen LogP contribution in [-0.2, 0) is 24.8 Å². The van der Waals surface area contributed by atoms with Crippen molar-refractivity contribution in [3.8, 4) is 0 Å². The van der Waals surface area contributed by atoms with Gasteiger partial charge in [0, 0.05) is 25.7 Å². The number of hydrogen-bond acceptors (Lipinski definition) is 5. The van der Waals surface area contributed by atoms with E-state index in [1.54, 1.807) is 29.2 Å². The summed E-state index contributed by atoms with van der Waals surface area (Å²) in [5.74, 6) is -0.0851. The van der Waals surface area contributed by atoms with Crippen molar-refractivity contribution >= 4 is 26.0 Å². The van der Waals surface area contributed by atoms with Crippen molar-refractivity contribution in [2.24, 2.45) is 0 Å². The number of rotatable bonds is 7. The third-order valence-corrected chi connectivity index (χ3v) is 9.30. The quantitative estimate of drug-likeness (QED) is 0.668. The van der Waals surface area contributed by atoms with Crippen molar-refractivity contribution in [1.29, 1.82) is 0 Å². The summed E-state index contributed by atoms with van der Waals surface area (Å²) in [6.07, 6.45) is 2.78. The van der Waals surface area contributed by atoms with Gasteiger partial charge >= 0.3 is 0 Å². The second kappa shape index (κ2) is 9.33. The lowest BCUT2D eigenvalue weighted by Crippen LogP contribution is -2.52. The molecule has 2 aliphatic heterocycles. The first-order valence-electron chi connectivity index (χ1n) is 10.5. The van der Waals surface area contributed by atoms with E-state index in [9.17, 15) is 21.6 Å². The van der Waals surface area contributed by atoms with E-state index in [0.717, 1.165) is 5.56 Å². The molecule has 2 heterocycles. The Balaban J connectivity index is 1.65. The predicted molar refractivity (Wildman–Crippen MR) is 115 cm³/mol. The molecule has 0 bridgehead atoms. The molecule has 2 saturated heterocycles. The third-order valence-electron chi connectivity index (χ3n) is 5.74. The molecule has 8 nitrogen and oxygen atoms in total. The number of carbonyl (C=O) groups is 1. The van der Waals surface area contributed by atoms with Crippen LogP contribution in [0.15, 0.2) is 29.2 Å². The molecule has 0 radical (unpaired) electrons. The van der Waals surface area contributed by atoms with Crippen LogP contribution < -0.4 is 4.72 Å². The number of likely N-dealkylation sites (tertiary alicyclic amines) is 1. The Morgan fingerprint density at radius 3 is 2.27 bits per heavy atom. The maximum atomic E-state index is 13.1. The van der Waals surface area contributed by atoms with Crippen LogP contribution in [0.2, 0.25) is 0 Å². The lowest BCUT2D eigenvalue weighted by Gasteiger charge is -2.35. The Hall–Kier alpha value is -1.49. The Labute approximate surface area is 179 Å². The summed E-state index contributed by atoms with van der Waals surface area (Å²) in [5, 5.41) is 0. The molecular formula is C20H31N3O5S2. The van der Waals surface area contributed by atoms with Gasteiger partial charge < -0.3 is 4.90 Å². The molecule has 1 aromatic rings. The molecule has 0 aromatic heterocycles. The highest BCUT2D eigenvalue weighted by atomic mass is 32.2. The minimum absolute atomic E-state index is 0.0973. The first-order chi connectivity index (χ1) is 14.1. The van der Waals surface area contributed by atoms with Crippen LogP contribution in [0.4, 0.5) is 0 Å². The fourth-order valence-electron chi connectivity index (χ4n) is 4.13. The minimum Gasteiger partial charge on any atom is -0.341 e. The summed E-state index contributed by atoms with van der Waals surface area (Å²) in [7, 11) is -7.02. The summed E-state index contributed by atoms with van der Waals surface area (Å²) in [6, 6.07) is 5.80. The molecule has 0 unspecified atom stereocenters. The highest BCUT2D eigenvalue weighted by Crippen LogP contribution is 2.28. The molecule has 0 spiro atoms. The number of nitrogens with one attached hydrogen (secondary N) is 1. The maximum absolute atomic E-state index is 13.1. The first-order valence-corrected chi connectivity index (χ1v) is 13.6. The van der Waals surface area contributed by atoms with E-state index in [4.69, 9.17) is 0 Å². The smallest absolute Gasteiger partial charge is 0.243 e. The minimum atomic E-state index is -3.74. The summed E-state index contributed by atoms with van der Waals surface area (Å²) in [5.41, 5.74) is 0.973. The molecule has 3 rings (SSSR count). The maximum Gasteiger partial charge on any atom is 0.243 e. The molecule has 168 valence electrons. The van der Waals surface area contributed by atoms with Crippen molar-refractivity contribution in [3.05, 3.63) is 29.8 Å². The van der Waals surface area contributed by atoms with E-state index >= 15 is 0 Å². The van der Waals surface area contributed by atoms with E-state index in [0.29, 0.717) is 51.7 Å². The predicted octanol–water partition coefficient (Wildman–Crippen LogP) is 1.47. The van der Waals surface area contributed by atoms with E-state index in [-0.39, 0.29) is 22.6 Å². The van der Waals surface area contributed by atoms with Crippen LogP contribution in [0, 0.1) is 6.92 Å². The molecule has 1 aromatic carbocycles. The van der Waals surface area contributed by atoms with Crippen LogP contribution >= 0.6 is 0 Å². The molecule has 1 N–H and O–H groups in total. The zero-order valence-electron chi connectivity index (χ0n) is 17.6. The summed E-state index contributed by atoms with van der Waals surface area (Å²) >= 11 is 0. The van der Waals surface area contributed by atoms with Crippen molar-refractivity contribution in [2.45, 2.75) is 62.9 Å². The highest BCUT2D eigenvalue weighted by Gasteiger charge is 2.41. The molecule has 1 atom stereocenters. The fraction of sp³-hybridized carbons (Fsp3) is 0.650. The molecule has 10 heteroatoms. The van der Waals surface area contributed by atoms with Crippen LogP contribution in [0.1, 0.15) is 44.6 Å². The monoisotopic (exact) mass is 457 g/mol. The van der Waals surface area contributed by atoms with Crippen LogP contribution in [0.3, 0.4) is 0 Å². The van der Waals surface area contributed by atoms with Gasteiger partial charge in [-0.25, -0.2) is 21.6 Å². The van der Waals surface area contributed by atoms with E-state index in [1.807, 2.05) is 13.8 Å². The third kappa shape index (κ3) is 5.22. The summed E-state index contributed by atoms with van der Waals surface area (Å²) in [6.45, 7) is 4.89. The van der Waals surface area contributed by atoms with Gasteiger partial charge in [0.1, 0.15) is 6.04 Å². The van der Waals surface area contributed by atoms with E-state index in [1.165, 1.54) is 4.31 Å². The SMILES string of the molecule is CCCS(=O)(=O)NC1CCN(C(=O)[C@@H]2CCCN2S(=O)(=O)c2ccc(C)cc2)CC1. The van der Waals surface area contributed by atoms with Crippen LogP contribution in [-0.4, -0.2) is 69.4 Å². The standard InChI is InChI=1S/C20H31N3O5S2/c1-3-15-29(25,26)21-17-10-13-22(14-11-17)20(24)19-5-4-12-23(19)30(27,28)18-8-6-16(2)7-9-18/h6-9,17,19,21H,3-5,10-15H2,1-2H3/t19-/m0/s1. The number of carbonyl (C=O) groups excluding carboxylic acids is 1. The van der Waals surface area contributed by atoms with Gasteiger partial charge in [-0.3, -0.25) is 4.79 Å². The Morgan fingerprint density at radius 2 is 1.67 bits per heavy atom. The molecule has 2 aliphatic rings. The number of benzene rings is 1. The fourth-order valence-corrected chi connectivity index (χ4v) is 7.18. The van der Waals surface area contributed by atoms with Gasteiger partial charge in [0.05, 0.1) is 10.6 Å². The summed E-state index contributed by atoms with van der Waals surface area (Å²) in [4.78, 5) is 15.0. The number of nitrogens with zero attached hydrogens (tertiary/aromatic N) is 2. The number of sulfonamides is 2. The number of aryl methyl sites for hydroxylation is 1. The largest absolute Gasteiger partial charge is 0.341 e. The second-order valence-electron chi connectivity index (χ2n) is 8.12. The normalized spacial score (nSPS) is 21.8. The van der Waals surface area contributed by atoms with E-state index in [2.05, 4.69) is 4.72 Å². The van der Waals surface area contributed by atoms with Gasteiger partial charge in [-0.1, -0.05) is 24.6 Å². The number of hydrogen-bond donors (Lipinski definition) is 1. The second-order valence-corrected chi connectivity index (χ2v) is 11.9. The molecule has 30 heavy (non-hydrogen) atoms. The average molecular weight is 458 g/mol. The van der Waals surface area contributed by atoms with Gasteiger partial charge in [0.2, 0.25) is 26.0 Å². The van der Waals surface area contributed by atoms with Gasteiger partial charge in [-0.05, 0) is 51.2 Å². The molecule has 1 amide bonds. The van der Waals surface area contributed by atoms with Crippen molar-refractivity contribution < 1.29 is 21.6 Å². The van der Waals surface area contributed by atoms with Crippen molar-refractivity contribution in [2.75, 3.05) is 25.4 Å². The van der Waals surface area contributed by atoms with Crippen molar-refractivity contribution in [1.82, 2.24) is 13.9 Å². The Bertz CT molecular complexity index is 953. The average Bonchev–Trinajstić information content (AvgIpc) is 3.19. The molecule has 2 fully saturated rings. The Kier molecular flexibility index (Phi) is 7.21. The van der Waals surface area contributed by atoms with Crippen LogP contribution in [0.5, 0.6) is 0 Å². The number of piperidine rings is 1.